The fraction of sp³-hybridized carbons (Fsp3) is 0.368. The largest absolute Gasteiger partial charge is 0.497 e. The lowest BCUT2D eigenvalue weighted by Crippen LogP contribution is -2.25. The van der Waals surface area contributed by atoms with E-state index in [2.05, 4.69) is 27.7 Å². The molecule has 1 aliphatic heterocycles. The first-order chi connectivity index (χ1) is 11.6. The molecule has 1 aromatic heterocycles. The Morgan fingerprint density at radius 2 is 2.25 bits per heavy atom. The van der Waals surface area contributed by atoms with E-state index >= 15 is 0 Å². The number of carbonyl (C=O) groups excluding carboxylic acids is 1. The van der Waals surface area contributed by atoms with Crippen molar-refractivity contribution in [1.82, 2.24) is 10.2 Å². The van der Waals surface area contributed by atoms with E-state index in [1.807, 2.05) is 25.1 Å². The van der Waals surface area contributed by atoms with E-state index < -0.39 is 0 Å². The molecule has 1 amide bonds. The van der Waals surface area contributed by atoms with Gasteiger partial charge >= 0.3 is 0 Å². The molecule has 2 N–H and O–H groups in total. The number of nitrogens with zero attached hydrogens (tertiary/aromatic N) is 1. The molecule has 24 heavy (non-hydrogen) atoms. The van der Waals surface area contributed by atoms with Gasteiger partial charge in [-0.15, -0.1) is 0 Å². The Balaban J connectivity index is 1.50. The van der Waals surface area contributed by atoms with E-state index in [-0.39, 0.29) is 11.3 Å². The first-order valence-corrected chi connectivity index (χ1v) is 8.35. The predicted molar refractivity (Wildman–Crippen MR) is 91.0 cm³/mol. The number of allylic oxidation sites excluding steroid dienone is 1. The molecule has 122 valence electrons. The Labute approximate surface area is 140 Å². The standard InChI is InChI=1S/C19H19N3O2/c1-10-13-5-3-11(7-17(13)22-21-10)15-9-19(15)14-8-12(24-2)4-6-16(14)20-18(19)23/h3-6,8,11,15H,7,9H2,1-2H3,(H,20,23)(H,21,22). The summed E-state index contributed by atoms with van der Waals surface area (Å²) in [5, 5.41) is 10.5. The number of nitrogens with one attached hydrogen (secondary N) is 2. The van der Waals surface area contributed by atoms with Gasteiger partial charge in [0.25, 0.3) is 0 Å². The number of benzene rings is 1. The summed E-state index contributed by atoms with van der Waals surface area (Å²) < 4.78 is 5.36. The maximum Gasteiger partial charge on any atom is 0.235 e. The summed E-state index contributed by atoms with van der Waals surface area (Å²) in [5.41, 5.74) is 5.07. The number of H-pyrrole nitrogens is 1. The van der Waals surface area contributed by atoms with Gasteiger partial charge in [0.15, 0.2) is 0 Å². The number of fused-ring (bicyclic) bond motifs is 3. The van der Waals surface area contributed by atoms with Crippen molar-refractivity contribution in [2.75, 3.05) is 12.4 Å². The molecule has 5 heteroatoms. The van der Waals surface area contributed by atoms with Crippen LogP contribution in [-0.2, 0) is 16.6 Å². The maximum atomic E-state index is 12.7. The van der Waals surface area contributed by atoms with Crippen molar-refractivity contribution >= 4 is 17.7 Å². The third kappa shape index (κ3) is 1.64. The Hall–Kier alpha value is -2.56. The first-order valence-electron chi connectivity index (χ1n) is 8.35. The molecule has 5 nitrogen and oxygen atoms in total. The van der Waals surface area contributed by atoms with Crippen LogP contribution in [0.1, 0.15) is 28.9 Å². The molecule has 0 bridgehead atoms. The molecule has 2 aromatic rings. The lowest BCUT2D eigenvalue weighted by Gasteiger charge is -2.19. The number of hydrogen-bond donors (Lipinski definition) is 2. The van der Waals surface area contributed by atoms with Gasteiger partial charge in [-0.2, -0.15) is 5.10 Å². The molecule has 3 atom stereocenters. The molecule has 0 saturated heterocycles. The van der Waals surface area contributed by atoms with Crippen LogP contribution in [0.2, 0.25) is 0 Å². The summed E-state index contributed by atoms with van der Waals surface area (Å²) in [6, 6.07) is 5.86. The zero-order valence-electron chi connectivity index (χ0n) is 13.7. The lowest BCUT2D eigenvalue weighted by molar-refractivity contribution is -0.118. The number of ether oxygens (including phenoxy) is 1. The van der Waals surface area contributed by atoms with Crippen molar-refractivity contribution in [3.63, 3.8) is 0 Å². The van der Waals surface area contributed by atoms with Gasteiger partial charge in [0, 0.05) is 16.9 Å². The second-order valence-corrected chi connectivity index (χ2v) is 7.08. The van der Waals surface area contributed by atoms with E-state index in [0.717, 1.165) is 41.2 Å². The van der Waals surface area contributed by atoms with E-state index in [9.17, 15) is 4.79 Å². The van der Waals surface area contributed by atoms with Gasteiger partial charge in [0.05, 0.1) is 18.2 Å². The highest BCUT2D eigenvalue weighted by atomic mass is 16.5. The first kappa shape index (κ1) is 13.8. The average molecular weight is 321 g/mol. The number of aryl methyl sites for hydroxylation is 1. The van der Waals surface area contributed by atoms with Crippen molar-refractivity contribution < 1.29 is 9.53 Å². The highest BCUT2D eigenvalue weighted by Gasteiger charge is 2.66. The highest BCUT2D eigenvalue weighted by Crippen LogP contribution is 2.64. The normalized spacial score (nSPS) is 29.3. The van der Waals surface area contributed by atoms with Gasteiger partial charge in [0.1, 0.15) is 5.75 Å². The Kier molecular flexibility index (Phi) is 2.59. The number of aromatic amines is 1. The molecule has 1 fully saturated rings. The van der Waals surface area contributed by atoms with Crippen molar-refractivity contribution in [3.05, 3.63) is 46.8 Å². The number of aromatic nitrogens is 2. The fourth-order valence-corrected chi connectivity index (χ4v) is 4.51. The number of rotatable bonds is 2. The van der Waals surface area contributed by atoms with Gasteiger partial charge in [-0.3, -0.25) is 9.89 Å². The minimum absolute atomic E-state index is 0.133. The van der Waals surface area contributed by atoms with Gasteiger partial charge in [-0.05, 0) is 55.4 Å². The summed E-state index contributed by atoms with van der Waals surface area (Å²) >= 11 is 0. The Morgan fingerprint density at radius 3 is 3.08 bits per heavy atom. The molecule has 3 unspecified atom stereocenters. The molecule has 2 aliphatic carbocycles. The molecule has 1 saturated carbocycles. The second kappa shape index (κ2) is 4.50. The van der Waals surface area contributed by atoms with E-state index in [1.54, 1.807) is 7.11 Å². The van der Waals surface area contributed by atoms with Crippen molar-refractivity contribution in [2.45, 2.75) is 25.2 Å². The van der Waals surface area contributed by atoms with Crippen LogP contribution in [0.5, 0.6) is 5.75 Å². The SMILES string of the molecule is COc1ccc2c(c1)C1(CC1C1C=Cc3c(n[nH]c3C)C1)C(=O)N2. The third-order valence-electron chi connectivity index (χ3n) is 5.90. The minimum Gasteiger partial charge on any atom is -0.497 e. The number of amides is 1. The van der Waals surface area contributed by atoms with Gasteiger partial charge in [-0.1, -0.05) is 12.2 Å². The monoisotopic (exact) mass is 321 g/mol. The predicted octanol–water partition coefficient (Wildman–Crippen LogP) is 2.82. The van der Waals surface area contributed by atoms with Crippen LogP contribution >= 0.6 is 0 Å². The van der Waals surface area contributed by atoms with Crippen LogP contribution in [-0.4, -0.2) is 23.2 Å². The zero-order chi connectivity index (χ0) is 16.5. The van der Waals surface area contributed by atoms with Crippen molar-refractivity contribution in [1.29, 1.82) is 0 Å². The number of anilines is 1. The van der Waals surface area contributed by atoms with Crippen LogP contribution in [0.15, 0.2) is 24.3 Å². The van der Waals surface area contributed by atoms with Gasteiger partial charge in [-0.25, -0.2) is 0 Å². The minimum atomic E-state index is -0.387. The van der Waals surface area contributed by atoms with Crippen LogP contribution in [0.25, 0.3) is 6.08 Å². The summed E-state index contributed by atoms with van der Waals surface area (Å²) in [6.07, 6.45) is 6.21. The fourth-order valence-electron chi connectivity index (χ4n) is 4.51. The van der Waals surface area contributed by atoms with E-state index in [0.29, 0.717) is 11.8 Å². The second-order valence-electron chi connectivity index (χ2n) is 7.08. The van der Waals surface area contributed by atoms with Crippen LogP contribution in [0.4, 0.5) is 5.69 Å². The van der Waals surface area contributed by atoms with Crippen LogP contribution < -0.4 is 10.1 Å². The number of hydrogen-bond acceptors (Lipinski definition) is 3. The molecule has 0 radical (unpaired) electrons. The average Bonchev–Trinajstić information content (AvgIpc) is 3.17. The Bertz CT molecular complexity index is 898. The quantitative estimate of drug-likeness (QED) is 0.894. The Morgan fingerprint density at radius 1 is 1.38 bits per heavy atom. The molecule has 2 heterocycles. The number of methoxy groups -OCH3 is 1. The summed E-state index contributed by atoms with van der Waals surface area (Å²) in [6.45, 7) is 2.04. The number of carbonyl (C=O) groups is 1. The van der Waals surface area contributed by atoms with Gasteiger partial charge < -0.3 is 10.1 Å². The van der Waals surface area contributed by atoms with Crippen LogP contribution in [0, 0.1) is 18.8 Å². The highest BCUT2D eigenvalue weighted by molar-refractivity contribution is 6.09. The van der Waals surface area contributed by atoms with Gasteiger partial charge in [0.2, 0.25) is 5.91 Å². The molecule has 1 aromatic carbocycles. The third-order valence-corrected chi connectivity index (χ3v) is 5.90. The van der Waals surface area contributed by atoms with Crippen LogP contribution in [0.3, 0.4) is 0 Å². The van der Waals surface area contributed by atoms with Crippen molar-refractivity contribution in [3.8, 4) is 5.75 Å². The molecule has 1 spiro atoms. The molecular weight excluding hydrogens is 302 g/mol. The molecular formula is C19H19N3O2. The lowest BCUT2D eigenvalue weighted by atomic mass is 9.84. The molecule has 3 aliphatic rings. The summed E-state index contributed by atoms with van der Waals surface area (Å²) in [5.74, 6) is 1.61. The van der Waals surface area contributed by atoms with Crippen molar-refractivity contribution in [2.24, 2.45) is 11.8 Å². The van der Waals surface area contributed by atoms with E-state index in [1.165, 1.54) is 5.56 Å². The maximum absolute atomic E-state index is 12.7. The zero-order valence-corrected chi connectivity index (χ0v) is 13.7. The van der Waals surface area contributed by atoms with E-state index in [4.69, 9.17) is 4.74 Å². The molecule has 5 rings (SSSR count). The topological polar surface area (TPSA) is 67.0 Å². The summed E-state index contributed by atoms with van der Waals surface area (Å²) in [4.78, 5) is 12.7. The smallest absolute Gasteiger partial charge is 0.235 e. The summed E-state index contributed by atoms with van der Waals surface area (Å²) in [7, 11) is 1.66.